The first kappa shape index (κ1) is 16.1. The maximum atomic E-state index is 10.9. The Kier molecular flexibility index (Phi) is 4.17. The molecule has 2 aromatic carbocycles. The van der Waals surface area contributed by atoms with Crippen LogP contribution in [0.15, 0.2) is 34.8 Å². The molecule has 0 aliphatic carbocycles. The highest BCUT2D eigenvalue weighted by Crippen LogP contribution is 2.41. The Hall–Kier alpha value is -2.41. The third-order valence-electron chi connectivity index (χ3n) is 4.25. The third-order valence-corrected chi connectivity index (χ3v) is 5.00. The topological polar surface area (TPSA) is 74.2 Å². The quantitative estimate of drug-likeness (QED) is 0.815. The normalized spacial score (nSPS) is 17.1. The molecule has 0 bridgehead atoms. The lowest BCUT2D eigenvalue weighted by Crippen LogP contribution is -2.07. The van der Waals surface area contributed by atoms with Crippen LogP contribution in [0.25, 0.3) is 0 Å². The maximum Gasteiger partial charge on any atom is 0.304 e. The van der Waals surface area contributed by atoms with E-state index in [1.54, 1.807) is 6.07 Å². The van der Waals surface area contributed by atoms with E-state index in [-0.39, 0.29) is 19.1 Å². The van der Waals surface area contributed by atoms with Crippen molar-refractivity contribution in [3.05, 3.63) is 45.9 Å². The second-order valence-electron chi connectivity index (χ2n) is 5.85. The highest BCUT2D eigenvalue weighted by atomic mass is 79.9. The summed E-state index contributed by atoms with van der Waals surface area (Å²) in [5.74, 6) is 1.79. The first-order valence-corrected chi connectivity index (χ1v) is 8.59. The van der Waals surface area contributed by atoms with Gasteiger partial charge in [-0.05, 0) is 18.2 Å². The number of carbonyl (C=O) groups is 1. The van der Waals surface area contributed by atoms with E-state index in [0.29, 0.717) is 36.2 Å². The van der Waals surface area contributed by atoms with Crippen molar-refractivity contribution >= 4 is 21.9 Å². The molecule has 1 atom stereocenters. The summed E-state index contributed by atoms with van der Waals surface area (Å²) in [7, 11) is 0. The largest absolute Gasteiger partial charge is 0.492 e. The van der Waals surface area contributed by atoms with Crippen LogP contribution >= 0.6 is 15.9 Å². The minimum atomic E-state index is -0.827. The molecule has 0 aromatic heterocycles. The Labute approximate surface area is 152 Å². The number of halogens is 1. The predicted octanol–water partition coefficient (Wildman–Crippen LogP) is 3.71. The highest BCUT2D eigenvalue weighted by Gasteiger charge is 2.27. The van der Waals surface area contributed by atoms with E-state index in [1.165, 1.54) is 0 Å². The molecular formula is C18H15BrO6. The minimum Gasteiger partial charge on any atom is -0.492 e. The van der Waals surface area contributed by atoms with Crippen LogP contribution in [-0.4, -0.2) is 24.5 Å². The zero-order valence-electron chi connectivity index (χ0n) is 13.2. The molecule has 1 N–H and O–H groups in total. The zero-order chi connectivity index (χ0) is 17.4. The molecule has 4 rings (SSSR count). The van der Waals surface area contributed by atoms with Crippen LogP contribution in [0, 0.1) is 0 Å². The summed E-state index contributed by atoms with van der Waals surface area (Å²) in [4.78, 5) is 10.9. The Morgan fingerprint density at radius 2 is 2.08 bits per heavy atom. The van der Waals surface area contributed by atoms with Crippen molar-refractivity contribution in [2.75, 3.05) is 13.4 Å². The SMILES string of the molecule is O=C(O)CC1COc2cc(OCc3c(Br)ccc4c3OCO4)ccc21. The second-order valence-corrected chi connectivity index (χ2v) is 6.71. The number of carboxylic acid groups (broad SMARTS) is 1. The van der Waals surface area contributed by atoms with Gasteiger partial charge in [0.1, 0.15) is 18.1 Å². The van der Waals surface area contributed by atoms with Crippen LogP contribution in [-0.2, 0) is 11.4 Å². The Bertz CT molecular complexity index is 835. The molecule has 0 saturated heterocycles. The minimum absolute atomic E-state index is 0.0631. The van der Waals surface area contributed by atoms with Gasteiger partial charge in [0.25, 0.3) is 0 Å². The molecule has 2 aromatic rings. The van der Waals surface area contributed by atoms with Gasteiger partial charge in [0, 0.05) is 27.6 Å². The Morgan fingerprint density at radius 1 is 1.20 bits per heavy atom. The number of rotatable bonds is 5. The molecule has 0 saturated carbocycles. The summed E-state index contributed by atoms with van der Waals surface area (Å²) < 4.78 is 23.3. The second kappa shape index (κ2) is 6.48. The lowest BCUT2D eigenvalue weighted by molar-refractivity contribution is -0.137. The van der Waals surface area contributed by atoms with Crippen LogP contribution in [0.3, 0.4) is 0 Å². The number of carboxylic acids is 1. The van der Waals surface area contributed by atoms with Gasteiger partial charge in [-0.3, -0.25) is 4.79 Å². The van der Waals surface area contributed by atoms with Gasteiger partial charge in [-0.1, -0.05) is 22.0 Å². The van der Waals surface area contributed by atoms with Gasteiger partial charge in [0.15, 0.2) is 11.5 Å². The molecule has 0 spiro atoms. The number of benzene rings is 2. The van der Waals surface area contributed by atoms with E-state index in [9.17, 15) is 4.79 Å². The van der Waals surface area contributed by atoms with E-state index in [4.69, 9.17) is 24.1 Å². The average Bonchev–Trinajstić information content (AvgIpc) is 3.20. The lowest BCUT2D eigenvalue weighted by atomic mass is 9.98. The molecule has 2 aliphatic rings. The molecule has 0 amide bonds. The van der Waals surface area contributed by atoms with Gasteiger partial charge in [0.05, 0.1) is 13.0 Å². The summed E-state index contributed by atoms with van der Waals surface area (Å²) in [5.41, 5.74) is 1.79. The molecule has 1 unspecified atom stereocenters. The molecule has 0 fully saturated rings. The van der Waals surface area contributed by atoms with Crippen LogP contribution in [0.5, 0.6) is 23.0 Å². The monoisotopic (exact) mass is 406 g/mol. The third kappa shape index (κ3) is 3.11. The van der Waals surface area contributed by atoms with Crippen LogP contribution in [0.2, 0.25) is 0 Å². The van der Waals surface area contributed by atoms with E-state index in [2.05, 4.69) is 15.9 Å². The summed E-state index contributed by atoms with van der Waals surface area (Å²) in [6.45, 7) is 0.898. The zero-order valence-corrected chi connectivity index (χ0v) is 14.7. The van der Waals surface area contributed by atoms with Gasteiger partial charge in [0.2, 0.25) is 6.79 Å². The molecule has 7 heteroatoms. The van der Waals surface area contributed by atoms with Gasteiger partial charge in [-0.2, -0.15) is 0 Å². The van der Waals surface area contributed by atoms with Crippen molar-refractivity contribution in [1.29, 1.82) is 0 Å². The molecule has 130 valence electrons. The summed E-state index contributed by atoms with van der Waals surface area (Å²) in [6, 6.07) is 9.24. The summed E-state index contributed by atoms with van der Waals surface area (Å²) in [6.07, 6.45) is 0.0631. The van der Waals surface area contributed by atoms with E-state index >= 15 is 0 Å². The first-order valence-electron chi connectivity index (χ1n) is 7.80. The highest BCUT2D eigenvalue weighted by molar-refractivity contribution is 9.10. The molecule has 6 nitrogen and oxygen atoms in total. The van der Waals surface area contributed by atoms with Gasteiger partial charge < -0.3 is 24.1 Å². The number of hydrogen-bond acceptors (Lipinski definition) is 5. The van der Waals surface area contributed by atoms with Crippen molar-refractivity contribution in [3.63, 3.8) is 0 Å². The molecular weight excluding hydrogens is 392 g/mol. The molecule has 2 aliphatic heterocycles. The van der Waals surface area contributed by atoms with Crippen molar-refractivity contribution < 1.29 is 28.8 Å². The van der Waals surface area contributed by atoms with Crippen LogP contribution in [0.4, 0.5) is 0 Å². The fourth-order valence-electron chi connectivity index (χ4n) is 3.02. The van der Waals surface area contributed by atoms with Crippen molar-refractivity contribution in [2.45, 2.75) is 18.9 Å². The standard InChI is InChI=1S/C18H15BrO6/c19-14-3-4-15-18(25-9-24-15)13(14)8-22-11-1-2-12-10(5-17(20)21)7-23-16(12)6-11/h1-4,6,10H,5,7-9H2,(H,20,21). The fraction of sp³-hybridized carbons (Fsp3) is 0.278. The molecule has 0 radical (unpaired) electrons. The van der Waals surface area contributed by atoms with Crippen molar-refractivity contribution in [3.8, 4) is 23.0 Å². The van der Waals surface area contributed by atoms with E-state index in [0.717, 1.165) is 15.6 Å². The molecule has 25 heavy (non-hydrogen) atoms. The van der Waals surface area contributed by atoms with Gasteiger partial charge in [-0.25, -0.2) is 0 Å². The number of aliphatic carboxylic acids is 1. The van der Waals surface area contributed by atoms with E-state index < -0.39 is 5.97 Å². The lowest BCUT2D eigenvalue weighted by Gasteiger charge is -2.11. The van der Waals surface area contributed by atoms with Gasteiger partial charge in [-0.15, -0.1) is 0 Å². The number of fused-ring (bicyclic) bond motifs is 2. The average molecular weight is 407 g/mol. The van der Waals surface area contributed by atoms with Crippen molar-refractivity contribution in [2.24, 2.45) is 0 Å². The maximum absolute atomic E-state index is 10.9. The van der Waals surface area contributed by atoms with Gasteiger partial charge >= 0.3 is 5.97 Å². The number of ether oxygens (including phenoxy) is 4. The Balaban J connectivity index is 1.50. The van der Waals surface area contributed by atoms with E-state index in [1.807, 2.05) is 24.3 Å². The fourth-order valence-corrected chi connectivity index (χ4v) is 3.45. The van der Waals surface area contributed by atoms with Crippen LogP contribution < -0.4 is 18.9 Å². The summed E-state index contributed by atoms with van der Waals surface area (Å²) >= 11 is 3.51. The number of hydrogen-bond donors (Lipinski definition) is 1. The first-order chi connectivity index (χ1) is 12.1. The van der Waals surface area contributed by atoms with Crippen LogP contribution in [0.1, 0.15) is 23.5 Å². The predicted molar refractivity (Wildman–Crippen MR) is 91.5 cm³/mol. The smallest absolute Gasteiger partial charge is 0.304 e. The van der Waals surface area contributed by atoms with Crippen molar-refractivity contribution in [1.82, 2.24) is 0 Å². The molecule has 2 heterocycles. The Morgan fingerprint density at radius 3 is 2.92 bits per heavy atom. The summed E-state index contributed by atoms with van der Waals surface area (Å²) in [5, 5.41) is 8.96.